The standard InChI is InChI=1S/C28H38N2O14S4/c31-27-25(21-5-9-23(10-6-21)29(13-1-17-45-42-39-33)14-2-18-46-43-40-34)28(32)26(27)22-7-11-24(12-8-22)30(15-3-19-47-44-41-35)16-4-20-48(36,37)38/h5-12,22,26H,1-4,13-20H2,(H4-,31,32,33,34,35,36,37,38)/p-4. The molecule has 3 rings (SSSR count). The quantitative estimate of drug-likeness (QED) is 0.0311. The van der Waals surface area contributed by atoms with E-state index in [0.717, 1.165) is 47.5 Å². The van der Waals surface area contributed by atoms with Crippen LogP contribution in [0, 0.1) is 11.8 Å². The summed E-state index contributed by atoms with van der Waals surface area (Å²) in [5.41, 5.74) is 2.21. The lowest BCUT2D eigenvalue weighted by molar-refractivity contribution is -0.777. The molecule has 48 heavy (non-hydrogen) atoms. The van der Waals surface area contributed by atoms with E-state index in [1.54, 1.807) is 36.4 Å². The first-order valence-corrected chi connectivity index (χ1v) is 19.0. The second kappa shape index (κ2) is 21.9. The van der Waals surface area contributed by atoms with Gasteiger partial charge >= 0.3 is 0 Å². The number of hydrogen-bond donors (Lipinski definition) is 0. The summed E-state index contributed by atoms with van der Waals surface area (Å²) < 4.78 is 48.0. The normalized spacial score (nSPS) is 17.7. The predicted molar refractivity (Wildman–Crippen MR) is 168 cm³/mol. The van der Waals surface area contributed by atoms with E-state index >= 15 is 0 Å². The fourth-order valence-electron chi connectivity index (χ4n) is 5.20. The summed E-state index contributed by atoms with van der Waals surface area (Å²) in [5.74, 6) is -0.941. The van der Waals surface area contributed by atoms with Crippen LogP contribution in [0.4, 0.5) is 5.69 Å². The zero-order valence-corrected chi connectivity index (χ0v) is 28.8. The first kappa shape index (κ1) is 40.4. The summed E-state index contributed by atoms with van der Waals surface area (Å²) >= 11 is 2.61. The molecule has 2 aliphatic carbocycles. The molecule has 0 aromatic heterocycles. The molecule has 0 heterocycles. The highest BCUT2D eigenvalue weighted by Gasteiger charge is 2.38. The molecule has 20 heteroatoms. The molecule has 0 fully saturated rings. The summed E-state index contributed by atoms with van der Waals surface area (Å²) in [7, 11) is -4.37. The van der Waals surface area contributed by atoms with Crippen LogP contribution in [0.5, 0.6) is 0 Å². The molecule has 1 aromatic carbocycles. The number of anilines is 1. The zero-order chi connectivity index (χ0) is 34.8. The number of ketones is 1. The van der Waals surface area contributed by atoms with Crippen LogP contribution in [0.1, 0.15) is 31.2 Å². The maximum absolute atomic E-state index is 13.2. The summed E-state index contributed by atoms with van der Waals surface area (Å²) in [4.78, 5) is 15.3. The Bertz CT molecular complexity index is 1360. The van der Waals surface area contributed by atoms with Gasteiger partial charge in [-0.15, -0.1) is 5.76 Å². The Labute approximate surface area is 290 Å². The van der Waals surface area contributed by atoms with Crippen LogP contribution in [0.2, 0.25) is 0 Å². The summed E-state index contributed by atoms with van der Waals surface area (Å²) in [5, 5.41) is 53.2. The Hall–Kier alpha value is -2.02. The van der Waals surface area contributed by atoms with Crippen LogP contribution in [0.3, 0.4) is 0 Å². The fourth-order valence-corrected chi connectivity index (χ4v) is 6.74. The molecule has 0 saturated carbocycles. The van der Waals surface area contributed by atoms with E-state index in [1.807, 2.05) is 16.7 Å². The van der Waals surface area contributed by atoms with Gasteiger partial charge in [0.1, 0.15) is 13.1 Å². The molecule has 16 nitrogen and oxygen atoms in total. The molecule has 0 radical (unpaired) electrons. The minimum atomic E-state index is -4.37. The maximum atomic E-state index is 13.2. The van der Waals surface area contributed by atoms with E-state index in [2.05, 4.69) is 33.0 Å². The van der Waals surface area contributed by atoms with E-state index < -0.39 is 27.7 Å². The predicted octanol–water partition coefficient (Wildman–Crippen LogP) is -0.320. The number of allylic oxidation sites excluding steroid dienone is 6. The first-order valence-electron chi connectivity index (χ1n) is 14.7. The first-order chi connectivity index (χ1) is 23.2. The summed E-state index contributed by atoms with van der Waals surface area (Å²) in [6, 6.07) is 7.08. The van der Waals surface area contributed by atoms with Crippen molar-refractivity contribution in [2.75, 3.05) is 54.1 Å². The molecule has 0 spiro atoms. The zero-order valence-electron chi connectivity index (χ0n) is 25.5. The van der Waals surface area contributed by atoms with Crippen LogP contribution in [0.25, 0.3) is 5.57 Å². The van der Waals surface area contributed by atoms with Crippen molar-refractivity contribution in [2.24, 2.45) is 11.8 Å². The molecule has 0 bridgehead atoms. The van der Waals surface area contributed by atoms with Gasteiger partial charge in [0.05, 0.1) is 10.1 Å². The number of carbonyl (C=O) groups is 1. The van der Waals surface area contributed by atoms with E-state index in [4.69, 9.17) is 0 Å². The van der Waals surface area contributed by atoms with Gasteiger partial charge in [-0.1, -0.05) is 24.3 Å². The smallest absolute Gasteiger partial charge is 0.199 e. The van der Waals surface area contributed by atoms with Gasteiger partial charge in [-0.25, -0.2) is 13.0 Å². The Kier molecular flexibility index (Phi) is 18.5. The molecule has 0 saturated heterocycles. The summed E-state index contributed by atoms with van der Waals surface area (Å²) in [6.07, 6.45) is 9.03. The lowest BCUT2D eigenvalue weighted by Crippen LogP contribution is -2.41. The highest BCUT2D eigenvalue weighted by molar-refractivity contribution is 7.94. The summed E-state index contributed by atoms with van der Waals surface area (Å²) in [6.45, 7) is 1.95. The third kappa shape index (κ3) is 13.4. The second-order valence-corrected chi connectivity index (χ2v) is 14.2. The number of benzene rings is 1. The number of Topliss-reactive ketones (excluding diaryl/α,β-unsaturated/α-hetero) is 1. The number of rotatable bonds is 25. The highest BCUT2D eigenvalue weighted by atomic mass is 32.2. The van der Waals surface area contributed by atoms with Gasteiger partial charge in [-0.3, -0.25) is 19.9 Å². The number of nitrogens with zero attached hydrogens (tertiary/aromatic N) is 2. The van der Waals surface area contributed by atoms with Crippen LogP contribution in [0.15, 0.2) is 54.3 Å². The van der Waals surface area contributed by atoms with Gasteiger partial charge in [0.25, 0.3) is 0 Å². The van der Waals surface area contributed by atoms with Crippen molar-refractivity contribution in [1.82, 2.24) is 0 Å². The molecule has 0 amide bonds. The molecule has 268 valence electrons. The fraction of sp³-hybridized carbons (Fsp3) is 0.500. The van der Waals surface area contributed by atoms with Crippen molar-refractivity contribution in [2.45, 2.75) is 25.7 Å². The third-order valence-corrected chi connectivity index (χ3v) is 9.93. The molecular formula is C28H34N2O14S4-4. The van der Waals surface area contributed by atoms with Crippen LogP contribution < -0.4 is 25.8 Å². The van der Waals surface area contributed by atoms with Gasteiger partial charge < -0.3 is 30.3 Å². The van der Waals surface area contributed by atoms with E-state index in [9.17, 15) is 38.6 Å². The number of carbonyl (C=O) groups excluding carboxylic acids is 1. The minimum absolute atomic E-state index is 0.111. The SMILES string of the molecule is O=C1C(c2ccc(N(CCCSOO[O-])CCCSOO[O-])cc2)=C([O-])C1C1C=CC(=[N+](CCCSOO[O-])CCCS(=O)(=O)[O-])C=C1. The van der Waals surface area contributed by atoms with Gasteiger partial charge in [-0.05, 0) is 30.5 Å². The molecule has 0 N–H and O–H groups in total. The monoisotopic (exact) mass is 750 g/mol. The Balaban J connectivity index is 1.67. The second-order valence-electron chi connectivity index (χ2n) is 10.4. The van der Waals surface area contributed by atoms with Crippen molar-refractivity contribution in [3.63, 3.8) is 0 Å². The van der Waals surface area contributed by atoms with Crippen molar-refractivity contribution in [1.29, 1.82) is 0 Å². The minimum Gasteiger partial charge on any atom is -0.874 e. The van der Waals surface area contributed by atoms with Gasteiger partial charge in [0, 0.05) is 120 Å². The van der Waals surface area contributed by atoms with Gasteiger partial charge in [0.2, 0.25) is 0 Å². The maximum Gasteiger partial charge on any atom is 0.199 e. The molecular weight excluding hydrogens is 717 g/mol. The topological polar surface area (TPSA) is 228 Å². The van der Waals surface area contributed by atoms with Crippen molar-refractivity contribution < 1.29 is 71.3 Å². The highest BCUT2D eigenvalue weighted by Crippen LogP contribution is 2.41. The average molecular weight is 751 g/mol. The Morgan fingerprint density at radius 3 is 1.81 bits per heavy atom. The van der Waals surface area contributed by atoms with E-state index in [-0.39, 0.29) is 30.1 Å². The van der Waals surface area contributed by atoms with Crippen molar-refractivity contribution in [3.05, 3.63) is 59.9 Å². The molecule has 1 aromatic rings. The lowest BCUT2D eigenvalue weighted by Gasteiger charge is -2.40. The average Bonchev–Trinajstić information content (AvgIpc) is 3.06. The molecule has 0 aliphatic heterocycles. The van der Waals surface area contributed by atoms with Gasteiger partial charge in [-0.2, -0.15) is 13.0 Å². The van der Waals surface area contributed by atoms with Crippen LogP contribution in [-0.4, -0.2) is 78.2 Å². The number of hydrogen-bond acceptors (Lipinski definition) is 18. The largest absolute Gasteiger partial charge is 0.874 e. The Morgan fingerprint density at radius 2 is 1.31 bits per heavy atom. The van der Waals surface area contributed by atoms with E-state index in [0.29, 0.717) is 61.7 Å². The van der Waals surface area contributed by atoms with Crippen LogP contribution in [-0.2, 0) is 43.0 Å². The third-order valence-electron chi connectivity index (χ3n) is 7.32. The Morgan fingerprint density at radius 1 is 0.792 bits per heavy atom. The van der Waals surface area contributed by atoms with Gasteiger partial charge in [0.15, 0.2) is 11.5 Å². The van der Waals surface area contributed by atoms with E-state index in [1.165, 1.54) is 0 Å². The molecule has 1 atom stereocenters. The van der Waals surface area contributed by atoms with Crippen LogP contribution >= 0.6 is 36.1 Å². The molecule has 1 unspecified atom stereocenters. The van der Waals surface area contributed by atoms with Crippen molar-refractivity contribution >= 4 is 69.0 Å². The molecule has 2 aliphatic rings. The lowest BCUT2D eigenvalue weighted by atomic mass is 9.71. The van der Waals surface area contributed by atoms with Crippen molar-refractivity contribution in [3.8, 4) is 0 Å².